The molecule has 1 fully saturated rings. The summed E-state index contributed by atoms with van der Waals surface area (Å²) in [7, 11) is 1.66. The van der Waals surface area contributed by atoms with Crippen LogP contribution < -0.4 is 10.1 Å². The molecule has 1 aliphatic heterocycles. The molecule has 2 heterocycles. The highest BCUT2D eigenvalue weighted by Gasteiger charge is 2.32. The first-order chi connectivity index (χ1) is 14.1. The van der Waals surface area contributed by atoms with Gasteiger partial charge in [-0.15, -0.1) is 12.4 Å². The molecule has 1 unspecified atom stereocenters. The van der Waals surface area contributed by atoms with E-state index in [2.05, 4.69) is 10.4 Å². The molecule has 4 rings (SSSR count). The largest absolute Gasteiger partial charge is 0.496 e. The number of aromatic nitrogens is 2. The van der Waals surface area contributed by atoms with E-state index in [1.54, 1.807) is 13.3 Å². The second-order valence-corrected chi connectivity index (χ2v) is 7.30. The highest BCUT2D eigenvalue weighted by atomic mass is 35.5. The summed E-state index contributed by atoms with van der Waals surface area (Å²) in [5, 5.41) is 7.93. The van der Waals surface area contributed by atoms with Crippen molar-refractivity contribution in [3.63, 3.8) is 0 Å². The van der Waals surface area contributed by atoms with Gasteiger partial charge < -0.3 is 15.0 Å². The highest BCUT2D eigenvalue weighted by molar-refractivity contribution is 5.95. The van der Waals surface area contributed by atoms with Crippen LogP contribution >= 0.6 is 12.4 Å². The molecule has 1 aliphatic rings. The predicted octanol–water partition coefficient (Wildman–Crippen LogP) is 3.71. The summed E-state index contributed by atoms with van der Waals surface area (Å²) in [6.45, 7) is 6.09. The fourth-order valence-electron chi connectivity index (χ4n) is 3.99. The number of halogens is 1. The maximum atomic E-state index is 13.5. The van der Waals surface area contributed by atoms with E-state index in [-0.39, 0.29) is 24.4 Å². The van der Waals surface area contributed by atoms with Crippen molar-refractivity contribution in [3.8, 4) is 11.4 Å². The van der Waals surface area contributed by atoms with E-state index in [0.29, 0.717) is 18.7 Å². The molecule has 1 N–H and O–H groups in total. The van der Waals surface area contributed by atoms with Gasteiger partial charge in [0, 0.05) is 25.2 Å². The van der Waals surface area contributed by atoms with Crippen LogP contribution in [0.5, 0.6) is 5.75 Å². The quantitative estimate of drug-likeness (QED) is 0.691. The molecule has 0 spiro atoms. The van der Waals surface area contributed by atoms with Gasteiger partial charge in [0.2, 0.25) is 0 Å². The molecule has 1 aromatic heterocycles. The van der Waals surface area contributed by atoms with Crippen LogP contribution in [0.4, 0.5) is 0 Å². The van der Waals surface area contributed by atoms with Crippen LogP contribution in [-0.4, -0.2) is 47.3 Å². The second kappa shape index (κ2) is 9.32. The lowest BCUT2D eigenvalue weighted by atomic mass is 10.0. The van der Waals surface area contributed by atoms with Gasteiger partial charge in [-0.2, -0.15) is 5.10 Å². The summed E-state index contributed by atoms with van der Waals surface area (Å²) in [4.78, 5) is 15.5. The van der Waals surface area contributed by atoms with Crippen molar-refractivity contribution in [2.75, 3.05) is 26.7 Å². The fourth-order valence-corrected chi connectivity index (χ4v) is 3.99. The molecular formula is C23H27ClN4O2. The van der Waals surface area contributed by atoms with Crippen LogP contribution in [0.2, 0.25) is 0 Å². The molecule has 1 saturated heterocycles. The number of para-hydroxylation sites is 2. The lowest BCUT2D eigenvalue weighted by Gasteiger charge is -2.37. The van der Waals surface area contributed by atoms with Crippen LogP contribution in [0.1, 0.15) is 33.2 Å². The molecule has 0 bridgehead atoms. The van der Waals surface area contributed by atoms with Crippen molar-refractivity contribution in [2.45, 2.75) is 19.9 Å². The predicted molar refractivity (Wildman–Crippen MR) is 120 cm³/mol. The number of rotatable bonds is 4. The average Bonchev–Trinajstić information content (AvgIpc) is 3.14. The van der Waals surface area contributed by atoms with Crippen molar-refractivity contribution in [3.05, 3.63) is 77.1 Å². The Morgan fingerprint density at radius 2 is 1.87 bits per heavy atom. The van der Waals surface area contributed by atoms with Crippen molar-refractivity contribution in [2.24, 2.45) is 0 Å². The lowest BCUT2D eigenvalue weighted by molar-refractivity contribution is 0.0631. The third-order valence-electron chi connectivity index (χ3n) is 5.59. The summed E-state index contributed by atoms with van der Waals surface area (Å²) in [5.41, 5.74) is 4.61. The smallest absolute Gasteiger partial charge is 0.257 e. The minimum absolute atomic E-state index is 0. The van der Waals surface area contributed by atoms with E-state index in [1.165, 1.54) is 0 Å². The summed E-state index contributed by atoms with van der Waals surface area (Å²) < 4.78 is 7.40. The topological polar surface area (TPSA) is 59.4 Å². The van der Waals surface area contributed by atoms with E-state index in [0.717, 1.165) is 34.8 Å². The zero-order valence-electron chi connectivity index (χ0n) is 17.5. The number of ether oxygens (including phenoxy) is 1. The number of piperazine rings is 1. The minimum atomic E-state index is -0.0892. The highest BCUT2D eigenvalue weighted by Crippen LogP contribution is 2.31. The fraction of sp³-hybridized carbons (Fsp3) is 0.304. The van der Waals surface area contributed by atoms with E-state index in [9.17, 15) is 4.79 Å². The molecule has 0 saturated carbocycles. The standard InChI is InChI=1S/C23H26N4O2.ClH/c1-16-8-4-6-10-20(16)27-17(2)19(14-25-27)23(28)26-13-12-24-15-21(26)18-9-5-7-11-22(18)29-3;/h4-11,14,21,24H,12-13,15H2,1-3H3;1H. The monoisotopic (exact) mass is 426 g/mol. The van der Waals surface area contributed by atoms with Gasteiger partial charge in [-0.25, -0.2) is 4.68 Å². The van der Waals surface area contributed by atoms with Gasteiger partial charge >= 0.3 is 0 Å². The Bertz CT molecular complexity index is 1030. The number of nitrogens with one attached hydrogen (secondary N) is 1. The SMILES string of the molecule is COc1ccccc1C1CNCCN1C(=O)c1cnn(-c2ccccc2C)c1C.Cl. The Kier molecular flexibility index (Phi) is 6.80. The van der Waals surface area contributed by atoms with Gasteiger partial charge in [-0.1, -0.05) is 36.4 Å². The molecule has 7 heteroatoms. The first-order valence-electron chi connectivity index (χ1n) is 9.87. The molecular weight excluding hydrogens is 400 g/mol. The number of hydrogen-bond acceptors (Lipinski definition) is 4. The van der Waals surface area contributed by atoms with Gasteiger partial charge in [0.05, 0.1) is 36.3 Å². The zero-order chi connectivity index (χ0) is 20.4. The number of benzene rings is 2. The maximum absolute atomic E-state index is 13.5. The number of aryl methyl sites for hydroxylation is 1. The van der Waals surface area contributed by atoms with Gasteiger partial charge in [0.1, 0.15) is 5.75 Å². The van der Waals surface area contributed by atoms with E-state index in [4.69, 9.17) is 4.74 Å². The Morgan fingerprint density at radius 3 is 2.63 bits per heavy atom. The third-order valence-corrected chi connectivity index (χ3v) is 5.59. The molecule has 0 radical (unpaired) electrons. The normalized spacial score (nSPS) is 16.1. The first kappa shape index (κ1) is 21.9. The molecule has 30 heavy (non-hydrogen) atoms. The number of nitrogens with zero attached hydrogens (tertiary/aromatic N) is 3. The molecule has 1 atom stereocenters. The van der Waals surface area contributed by atoms with Crippen LogP contribution in [0.3, 0.4) is 0 Å². The zero-order valence-corrected chi connectivity index (χ0v) is 18.3. The van der Waals surface area contributed by atoms with Crippen molar-refractivity contribution >= 4 is 18.3 Å². The van der Waals surface area contributed by atoms with Crippen LogP contribution in [0.25, 0.3) is 5.69 Å². The van der Waals surface area contributed by atoms with E-state index in [1.807, 2.05) is 72.0 Å². The van der Waals surface area contributed by atoms with Gasteiger partial charge in [0.15, 0.2) is 0 Å². The van der Waals surface area contributed by atoms with E-state index >= 15 is 0 Å². The van der Waals surface area contributed by atoms with Crippen LogP contribution in [-0.2, 0) is 0 Å². The molecule has 158 valence electrons. The lowest BCUT2D eigenvalue weighted by Crippen LogP contribution is -2.48. The van der Waals surface area contributed by atoms with Gasteiger partial charge in [0.25, 0.3) is 5.91 Å². The molecule has 6 nitrogen and oxygen atoms in total. The average molecular weight is 427 g/mol. The number of amides is 1. The van der Waals surface area contributed by atoms with Crippen molar-refractivity contribution in [1.82, 2.24) is 20.0 Å². The molecule has 1 amide bonds. The summed E-state index contributed by atoms with van der Waals surface area (Å²) in [6, 6.07) is 15.9. The first-order valence-corrected chi connectivity index (χ1v) is 9.87. The van der Waals surface area contributed by atoms with Crippen molar-refractivity contribution < 1.29 is 9.53 Å². The summed E-state index contributed by atoms with van der Waals surface area (Å²) in [5.74, 6) is 0.797. The number of hydrogen-bond donors (Lipinski definition) is 1. The summed E-state index contributed by atoms with van der Waals surface area (Å²) in [6.07, 6.45) is 1.69. The Hall–Kier alpha value is -2.83. The van der Waals surface area contributed by atoms with Gasteiger partial charge in [-0.05, 0) is 31.5 Å². The van der Waals surface area contributed by atoms with Crippen LogP contribution in [0, 0.1) is 13.8 Å². The van der Waals surface area contributed by atoms with E-state index < -0.39 is 0 Å². The Balaban J connectivity index is 0.00000256. The van der Waals surface area contributed by atoms with Gasteiger partial charge in [-0.3, -0.25) is 4.79 Å². The van der Waals surface area contributed by atoms with Crippen LogP contribution in [0.15, 0.2) is 54.7 Å². The maximum Gasteiger partial charge on any atom is 0.257 e. The Morgan fingerprint density at radius 1 is 1.13 bits per heavy atom. The number of carbonyl (C=O) groups excluding carboxylic acids is 1. The number of methoxy groups -OCH3 is 1. The molecule has 0 aliphatic carbocycles. The summed E-state index contributed by atoms with van der Waals surface area (Å²) >= 11 is 0. The number of carbonyl (C=O) groups is 1. The van der Waals surface area contributed by atoms with Crippen molar-refractivity contribution in [1.29, 1.82) is 0 Å². The Labute approximate surface area is 183 Å². The third kappa shape index (κ3) is 3.93. The second-order valence-electron chi connectivity index (χ2n) is 7.30. The molecule has 2 aromatic carbocycles. The molecule has 3 aromatic rings. The minimum Gasteiger partial charge on any atom is -0.496 e.